The average Bonchev–Trinajstić information content (AvgIpc) is 3.46. The molecular formula is C43H49BrN13O3P. The number of ether oxygens (including phenoxy) is 2. The van der Waals surface area contributed by atoms with E-state index >= 15 is 0 Å². The summed E-state index contributed by atoms with van der Waals surface area (Å²) in [5, 5.41) is 20.6. The van der Waals surface area contributed by atoms with Crippen molar-refractivity contribution < 1.29 is 14.0 Å². The van der Waals surface area contributed by atoms with E-state index in [4.69, 9.17) is 25.6 Å². The molecular weight excluding hydrogens is 857 g/mol. The van der Waals surface area contributed by atoms with E-state index in [1.165, 1.54) is 6.21 Å². The molecule has 5 heterocycles. The molecule has 0 spiro atoms. The molecule has 3 aromatic heterocycles. The predicted molar refractivity (Wildman–Crippen MR) is 250 cm³/mol. The number of allylic oxidation sites excluding steroid dienone is 1. The lowest BCUT2D eigenvalue weighted by molar-refractivity contribution is 0.263. The molecule has 18 heteroatoms. The topological polar surface area (TPSA) is 189 Å². The van der Waals surface area contributed by atoms with E-state index in [-0.39, 0.29) is 0 Å². The number of aromatic nitrogens is 6. The number of nitrogens with zero attached hydrogens (tertiary/aromatic N) is 9. The third-order valence-electron chi connectivity index (χ3n) is 11.3. The molecule has 0 bridgehead atoms. The number of aryl methyl sites for hydroxylation is 1. The molecule has 8 rings (SSSR count). The number of rotatable bonds is 12. The highest BCUT2D eigenvalue weighted by atomic mass is 79.9. The Morgan fingerprint density at radius 3 is 2.43 bits per heavy atom. The van der Waals surface area contributed by atoms with Crippen molar-refractivity contribution in [3.8, 4) is 22.6 Å². The molecule has 5 N–H and O–H groups in total. The Labute approximate surface area is 363 Å². The molecule has 61 heavy (non-hydrogen) atoms. The van der Waals surface area contributed by atoms with Crippen LogP contribution >= 0.6 is 23.1 Å². The number of methoxy groups -OCH3 is 1. The first-order valence-corrected chi connectivity index (χ1v) is 23.2. The number of nitrogen functional groups attached to an aromatic ring is 1. The lowest BCUT2D eigenvalue weighted by atomic mass is 10.0. The van der Waals surface area contributed by atoms with Gasteiger partial charge >= 0.3 is 0 Å². The van der Waals surface area contributed by atoms with Gasteiger partial charge in [0.1, 0.15) is 36.6 Å². The van der Waals surface area contributed by atoms with Crippen molar-refractivity contribution in [3.63, 3.8) is 0 Å². The number of hydrogen-bond acceptors (Lipinski definition) is 15. The summed E-state index contributed by atoms with van der Waals surface area (Å²) in [6, 6.07) is 11.7. The lowest BCUT2D eigenvalue weighted by Gasteiger charge is -2.26. The van der Waals surface area contributed by atoms with Crippen molar-refractivity contribution in [3.05, 3.63) is 82.6 Å². The van der Waals surface area contributed by atoms with Gasteiger partial charge in [-0.2, -0.15) is 10.1 Å². The Hall–Kier alpha value is -6.19. The normalized spacial score (nSPS) is 13.8. The minimum atomic E-state index is -2.82. The van der Waals surface area contributed by atoms with Gasteiger partial charge in [0.25, 0.3) is 0 Å². The zero-order valence-corrected chi connectivity index (χ0v) is 37.7. The molecule has 0 atom stereocenters. The minimum absolute atomic E-state index is 0.317. The highest BCUT2D eigenvalue weighted by molar-refractivity contribution is 9.10. The van der Waals surface area contributed by atoms with Crippen molar-refractivity contribution >= 4 is 91.4 Å². The van der Waals surface area contributed by atoms with Crippen LogP contribution in [0.25, 0.3) is 27.7 Å². The summed E-state index contributed by atoms with van der Waals surface area (Å²) in [5.74, 6) is 2.01. The van der Waals surface area contributed by atoms with Crippen molar-refractivity contribution in [1.29, 1.82) is 5.41 Å². The van der Waals surface area contributed by atoms with E-state index < -0.39 is 7.14 Å². The van der Waals surface area contributed by atoms with E-state index in [9.17, 15) is 4.57 Å². The van der Waals surface area contributed by atoms with Crippen LogP contribution in [0.3, 0.4) is 0 Å². The molecule has 16 nitrogen and oxygen atoms in total. The van der Waals surface area contributed by atoms with Gasteiger partial charge < -0.3 is 50.5 Å². The summed E-state index contributed by atoms with van der Waals surface area (Å²) in [4.78, 5) is 25.1. The highest BCUT2D eigenvalue weighted by Crippen LogP contribution is 2.45. The zero-order valence-electron chi connectivity index (χ0n) is 35.2. The fraction of sp³-hybridized carbons (Fsp3) is 0.302. The predicted octanol–water partition coefficient (Wildman–Crippen LogP) is 7.11. The Balaban J connectivity index is 1.13. The molecule has 6 aromatic rings. The number of anilines is 7. The molecule has 2 aliphatic heterocycles. The molecule has 0 radical (unpaired) electrons. The molecule has 0 unspecified atom stereocenters. The summed E-state index contributed by atoms with van der Waals surface area (Å²) in [6.07, 6.45) is 9.77. The molecule has 2 aliphatic rings. The molecule has 0 amide bonds. The van der Waals surface area contributed by atoms with E-state index in [1.54, 1.807) is 39.0 Å². The summed E-state index contributed by atoms with van der Waals surface area (Å²) in [5.41, 5.74) is 17.3. The first-order valence-electron chi connectivity index (χ1n) is 19.8. The molecule has 316 valence electrons. The molecule has 0 saturated carbocycles. The molecule has 0 aliphatic carbocycles. The summed E-state index contributed by atoms with van der Waals surface area (Å²) in [7, 11) is 6.92. The third kappa shape index (κ3) is 8.07. The Morgan fingerprint density at radius 2 is 1.67 bits per heavy atom. The quantitative estimate of drug-likeness (QED) is 0.0553. The van der Waals surface area contributed by atoms with Crippen LogP contribution in [-0.2, 0) is 18.0 Å². The van der Waals surface area contributed by atoms with Gasteiger partial charge in [0, 0.05) is 136 Å². The monoisotopic (exact) mass is 905 g/mol. The summed E-state index contributed by atoms with van der Waals surface area (Å²) < 4.78 is 28.4. The number of hydrogen-bond donors (Lipinski definition) is 4. The second-order valence-corrected chi connectivity index (χ2v) is 19.6. The molecule has 3 aromatic carbocycles. The number of nitrogens with one attached hydrogen (secondary N) is 3. The van der Waals surface area contributed by atoms with E-state index in [0.29, 0.717) is 74.3 Å². The van der Waals surface area contributed by atoms with Crippen LogP contribution in [0.1, 0.15) is 17.7 Å². The average molecular weight is 907 g/mol. The van der Waals surface area contributed by atoms with E-state index in [2.05, 4.69) is 80.5 Å². The number of likely N-dealkylation sites (N-methyl/N-ethyl adjacent to an activating group) is 2. The zero-order chi connectivity index (χ0) is 43.2. The van der Waals surface area contributed by atoms with Gasteiger partial charge in [-0.3, -0.25) is 14.6 Å². The van der Waals surface area contributed by atoms with Gasteiger partial charge in [-0.25, -0.2) is 4.98 Å². The summed E-state index contributed by atoms with van der Waals surface area (Å²) in [6.45, 7) is 5.86. The Kier molecular flexibility index (Phi) is 11.4. The maximum Gasteiger partial charge on any atom is 0.229 e. The first kappa shape index (κ1) is 41.5. The van der Waals surface area contributed by atoms with Crippen LogP contribution in [0.4, 0.5) is 40.2 Å². The smallest absolute Gasteiger partial charge is 0.229 e. The van der Waals surface area contributed by atoms with Crippen LogP contribution in [0.5, 0.6) is 11.5 Å². The van der Waals surface area contributed by atoms with Gasteiger partial charge in [-0.15, -0.1) is 0 Å². The van der Waals surface area contributed by atoms with E-state index in [1.807, 2.05) is 56.3 Å². The second kappa shape index (κ2) is 16.7. The van der Waals surface area contributed by atoms with Gasteiger partial charge in [0.05, 0.1) is 52.2 Å². The highest BCUT2D eigenvalue weighted by Gasteiger charge is 2.27. The summed E-state index contributed by atoms with van der Waals surface area (Å²) >= 11 is 3.63. The van der Waals surface area contributed by atoms with Crippen molar-refractivity contribution in [1.82, 2.24) is 34.6 Å². The van der Waals surface area contributed by atoms with Crippen LogP contribution in [0.15, 0.2) is 71.4 Å². The van der Waals surface area contributed by atoms with Gasteiger partial charge in [0.2, 0.25) is 5.95 Å². The van der Waals surface area contributed by atoms with Crippen LogP contribution in [0, 0.1) is 5.41 Å². The molecule has 0 saturated heterocycles. The van der Waals surface area contributed by atoms with E-state index in [0.717, 1.165) is 71.0 Å². The fourth-order valence-corrected chi connectivity index (χ4v) is 9.77. The maximum atomic E-state index is 13.7. The maximum absolute atomic E-state index is 13.7. The SMILES string of the molecule is COc1cc2c(cc1N)C(C=N)=C(N(C)CCOc1cc3c(cc1Nc1ncc(Br)c(Nc4ccc5nccnc5c4P(C)(C)=O)n1)-c1cnn(C)c1CCN3C)CCN2C. The number of nitrogens with two attached hydrogens (primary N) is 1. The van der Waals surface area contributed by atoms with Gasteiger partial charge in [0.15, 0.2) is 0 Å². The third-order valence-corrected chi connectivity index (χ3v) is 13.4. The van der Waals surface area contributed by atoms with Crippen molar-refractivity contribution in [2.24, 2.45) is 7.05 Å². The minimum Gasteiger partial charge on any atom is -0.495 e. The van der Waals surface area contributed by atoms with Crippen molar-refractivity contribution in [2.45, 2.75) is 12.8 Å². The Bertz CT molecular complexity index is 2770. The largest absolute Gasteiger partial charge is 0.495 e. The van der Waals surface area contributed by atoms with Crippen LogP contribution in [-0.4, -0.2) is 109 Å². The number of fused-ring (bicyclic) bond motifs is 5. The number of halogens is 1. The van der Waals surface area contributed by atoms with Crippen LogP contribution in [0.2, 0.25) is 0 Å². The van der Waals surface area contributed by atoms with Gasteiger partial charge in [-0.1, -0.05) is 0 Å². The van der Waals surface area contributed by atoms with Crippen molar-refractivity contribution in [2.75, 3.05) is 94.0 Å². The molecule has 0 fully saturated rings. The standard InChI is InChI=1S/C43H49BrN13O3P/c1-54-14-10-34(27(22-45)25-18-30(46)38(59-5)20-36(25)54)56(3)16-17-60-39-21-37-26(28-23-50-57(4)35(28)11-15-55(37)2)19-33(39)52-43-49-24-29(44)42(53-43)51-32-9-8-31-40(48-13-12-47-31)41(32)61(6,7)58/h8-9,12-13,18-24,45H,10-11,14-17,46H2,1-7H3,(H2,49,51,52,53). The lowest BCUT2D eigenvalue weighted by Crippen LogP contribution is -2.27. The fourth-order valence-electron chi connectivity index (χ4n) is 8.09. The number of benzene rings is 3. The van der Waals surface area contributed by atoms with Crippen LogP contribution < -0.4 is 40.9 Å². The van der Waals surface area contributed by atoms with Gasteiger partial charge in [-0.05, 0) is 53.5 Å². The second-order valence-electron chi connectivity index (χ2n) is 15.6. The first-order chi connectivity index (χ1) is 29.2. The Morgan fingerprint density at radius 1 is 0.934 bits per heavy atom.